The van der Waals surface area contributed by atoms with Gasteiger partial charge in [0.05, 0.1) is 23.0 Å². The zero-order valence-electron chi connectivity index (χ0n) is 10.9. The fraction of sp³-hybridized carbons (Fsp3) is 0.214. The number of hydrogen-bond acceptors (Lipinski definition) is 4. The third-order valence-corrected chi connectivity index (χ3v) is 3.70. The summed E-state index contributed by atoms with van der Waals surface area (Å²) in [5.74, 6) is 1.60. The lowest BCUT2D eigenvalue weighted by molar-refractivity contribution is 0.340. The molecule has 2 aromatic rings. The van der Waals surface area contributed by atoms with Crippen molar-refractivity contribution in [3.8, 4) is 5.75 Å². The van der Waals surface area contributed by atoms with Gasteiger partial charge >= 0.3 is 0 Å². The van der Waals surface area contributed by atoms with Crippen molar-refractivity contribution in [3.05, 3.63) is 40.5 Å². The Kier molecular flexibility index (Phi) is 4.27. The molecule has 0 aliphatic carbocycles. The first-order valence-electron chi connectivity index (χ1n) is 6.02. The van der Waals surface area contributed by atoms with Crippen LogP contribution in [-0.4, -0.2) is 11.6 Å². The van der Waals surface area contributed by atoms with Crippen LogP contribution in [0.15, 0.2) is 34.9 Å². The van der Waals surface area contributed by atoms with E-state index in [1.807, 2.05) is 38.1 Å². The van der Waals surface area contributed by atoms with Gasteiger partial charge in [0.1, 0.15) is 11.6 Å². The number of ether oxygens (including phenoxy) is 1. The van der Waals surface area contributed by atoms with E-state index < -0.39 is 0 Å². The van der Waals surface area contributed by atoms with Crippen LogP contribution in [0.25, 0.3) is 0 Å². The number of aromatic nitrogens is 1. The molecule has 0 saturated carbocycles. The molecule has 0 saturated heterocycles. The Morgan fingerprint density at radius 1 is 1.32 bits per heavy atom. The standard InChI is InChI=1S/C14H16BrN3O/c1-3-19-11-6-4-10(5-7-11)18-14-13(15)9(2)12(16)8-17-14/h4-8H,3,16H2,1-2H3,(H,17,18). The summed E-state index contributed by atoms with van der Waals surface area (Å²) in [7, 11) is 0. The first-order valence-corrected chi connectivity index (χ1v) is 6.81. The van der Waals surface area contributed by atoms with Crippen LogP contribution in [0.1, 0.15) is 12.5 Å². The number of benzene rings is 1. The van der Waals surface area contributed by atoms with Crippen LogP contribution >= 0.6 is 15.9 Å². The van der Waals surface area contributed by atoms with Gasteiger partial charge in [-0.2, -0.15) is 0 Å². The van der Waals surface area contributed by atoms with Crippen molar-refractivity contribution in [3.63, 3.8) is 0 Å². The average molecular weight is 322 g/mol. The van der Waals surface area contributed by atoms with Crippen molar-refractivity contribution >= 4 is 33.1 Å². The molecule has 2 rings (SSSR count). The maximum Gasteiger partial charge on any atom is 0.145 e. The average Bonchev–Trinajstić information content (AvgIpc) is 2.42. The number of nitrogens with one attached hydrogen (secondary N) is 1. The molecular weight excluding hydrogens is 306 g/mol. The molecule has 0 aliphatic rings. The van der Waals surface area contributed by atoms with Gasteiger partial charge in [0.25, 0.3) is 0 Å². The van der Waals surface area contributed by atoms with Gasteiger partial charge in [0.15, 0.2) is 0 Å². The molecule has 0 radical (unpaired) electrons. The minimum Gasteiger partial charge on any atom is -0.494 e. The van der Waals surface area contributed by atoms with Crippen LogP contribution in [0.2, 0.25) is 0 Å². The molecule has 0 unspecified atom stereocenters. The highest BCUT2D eigenvalue weighted by atomic mass is 79.9. The molecule has 3 N–H and O–H groups in total. The predicted molar refractivity (Wildman–Crippen MR) is 82.0 cm³/mol. The number of nitrogens with two attached hydrogens (primary N) is 1. The molecule has 1 aromatic heterocycles. The molecule has 0 aliphatic heterocycles. The fourth-order valence-electron chi connectivity index (χ4n) is 1.62. The van der Waals surface area contributed by atoms with E-state index in [0.717, 1.165) is 27.3 Å². The largest absolute Gasteiger partial charge is 0.494 e. The maximum absolute atomic E-state index is 5.80. The predicted octanol–water partition coefficient (Wildman–Crippen LogP) is 3.88. The summed E-state index contributed by atoms with van der Waals surface area (Å²) in [6.07, 6.45) is 1.65. The van der Waals surface area contributed by atoms with E-state index >= 15 is 0 Å². The molecule has 19 heavy (non-hydrogen) atoms. The van der Waals surface area contributed by atoms with E-state index in [0.29, 0.717) is 12.3 Å². The van der Waals surface area contributed by atoms with Gasteiger partial charge in [-0.05, 0) is 59.6 Å². The zero-order valence-corrected chi connectivity index (χ0v) is 12.5. The van der Waals surface area contributed by atoms with E-state index in [9.17, 15) is 0 Å². The van der Waals surface area contributed by atoms with Crippen LogP contribution in [0.5, 0.6) is 5.75 Å². The van der Waals surface area contributed by atoms with Gasteiger partial charge in [-0.25, -0.2) is 4.98 Å². The second kappa shape index (κ2) is 5.93. The molecule has 0 atom stereocenters. The van der Waals surface area contributed by atoms with Gasteiger partial charge in [0.2, 0.25) is 0 Å². The van der Waals surface area contributed by atoms with E-state index in [2.05, 4.69) is 26.2 Å². The summed E-state index contributed by atoms with van der Waals surface area (Å²) in [5.41, 5.74) is 8.39. The van der Waals surface area contributed by atoms with Gasteiger partial charge < -0.3 is 15.8 Å². The molecule has 0 bridgehead atoms. The minimum absolute atomic E-state index is 0.664. The summed E-state index contributed by atoms with van der Waals surface area (Å²) < 4.78 is 6.28. The normalized spacial score (nSPS) is 10.3. The van der Waals surface area contributed by atoms with Crippen LogP contribution in [0, 0.1) is 6.92 Å². The van der Waals surface area contributed by atoms with Gasteiger partial charge in [-0.15, -0.1) is 0 Å². The third-order valence-electron chi connectivity index (χ3n) is 2.73. The first-order chi connectivity index (χ1) is 9.11. The lowest BCUT2D eigenvalue weighted by Gasteiger charge is -2.11. The summed E-state index contributed by atoms with van der Waals surface area (Å²) in [6.45, 7) is 4.58. The van der Waals surface area contributed by atoms with Crippen molar-refractivity contribution < 1.29 is 4.74 Å². The Balaban J connectivity index is 2.19. The molecular formula is C14H16BrN3O. The van der Waals surface area contributed by atoms with Crippen molar-refractivity contribution in [2.45, 2.75) is 13.8 Å². The highest BCUT2D eigenvalue weighted by molar-refractivity contribution is 9.10. The number of halogens is 1. The second-order valence-electron chi connectivity index (χ2n) is 4.08. The Labute approximate surface area is 121 Å². The second-order valence-corrected chi connectivity index (χ2v) is 4.88. The van der Waals surface area contributed by atoms with Crippen LogP contribution < -0.4 is 15.8 Å². The fourth-order valence-corrected chi connectivity index (χ4v) is 2.05. The van der Waals surface area contributed by atoms with Crippen LogP contribution in [0.3, 0.4) is 0 Å². The van der Waals surface area contributed by atoms with E-state index in [-0.39, 0.29) is 0 Å². The number of nitrogens with zero attached hydrogens (tertiary/aromatic N) is 1. The van der Waals surface area contributed by atoms with E-state index in [1.54, 1.807) is 6.20 Å². The van der Waals surface area contributed by atoms with Crippen molar-refractivity contribution in [1.82, 2.24) is 4.98 Å². The van der Waals surface area contributed by atoms with Crippen LogP contribution in [0.4, 0.5) is 17.2 Å². The Morgan fingerprint density at radius 2 is 2.00 bits per heavy atom. The first kappa shape index (κ1) is 13.7. The highest BCUT2D eigenvalue weighted by Gasteiger charge is 2.07. The SMILES string of the molecule is CCOc1ccc(Nc2ncc(N)c(C)c2Br)cc1. The van der Waals surface area contributed by atoms with Crippen molar-refractivity contribution in [2.75, 3.05) is 17.7 Å². The van der Waals surface area contributed by atoms with Crippen molar-refractivity contribution in [1.29, 1.82) is 0 Å². The molecule has 0 fully saturated rings. The smallest absolute Gasteiger partial charge is 0.145 e. The summed E-state index contributed by atoms with van der Waals surface area (Å²) in [4.78, 5) is 4.28. The molecule has 5 heteroatoms. The quantitative estimate of drug-likeness (QED) is 0.897. The molecule has 0 spiro atoms. The lowest BCUT2D eigenvalue weighted by Crippen LogP contribution is -1.99. The number of anilines is 3. The Morgan fingerprint density at radius 3 is 2.63 bits per heavy atom. The zero-order chi connectivity index (χ0) is 13.8. The van der Waals surface area contributed by atoms with Gasteiger partial charge in [-0.3, -0.25) is 0 Å². The van der Waals surface area contributed by atoms with Crippen LogP contribution in [-0.2, 0) is 0 Å². The number of pyridine rings is 1. The molecule has 1 heterocycles. The van der Waals surface area contributed by atoms with E-state index in [1.165, 1.54) is 0 Å². The molecule has 100 valence electrons. The lowest BCUT2D eigenvalue weighted by atomic mass is 10.2. The summed E-state index contributed by atoms with van der Waals surface area (Å²) in [6, 6.07) is 7.74. The summed E-state index contributed by atoms with van der Waals surface area (Å²) in [5, 5.41) is 3.24. The van der Waals surface area contributed by atoms with Crippen molar-refractivity contribution in [2.24, 2.45) is 0 Å². The summed E-state index contributed by atoms with van der Waals surface area (Å²) >= 11 is 3.50. The Hall–Kier alpha value is -1.75. The van der Waals surface area contributed by atoms with Gasteiger partial charge in [0, 0.05) is 5.69 Å². The van der Waals surface area contributed by atoms with Gasteiger partial charge in [-0.1, -0.05) is 0 Å². The van der Waals surface area contributed by atoms with E-state index in [4.69, 9.17) is 10.5 Å². The number of rotatable bonds is 4. The topological polar surface area (TPSA) is 60.2 Å². The number of nitrogen functional groups attached to an aromatic ring is 1. The monoisotopic (exact) mass is 321 g/mol. The Bertz CT molecular complexity index is 570. The third kappa shape index (κ3) is 3.17. The minimum atomic E-state index is 0.664. The molecule has 1 aromatic carbocycles. The molecule has 0 amide bonds. The number of hydrogen-bond donors (Lipinski definition) is 2. The highest BCUT2D eigenvalue weighted by Crippen LogP contribution is 2.30. The maximum atomic E-state index is 5.80. The molecule has 4 nitrogen and oxygen atoms in total.